The first-order valence-corrected chi connectivity index (χ1v) is 8.66. The van der Waals surface area contributed by atoms with Gasteiger partial charge in [0, 0.05) is 19.0 Å². The van der Waals surface area contributed by atoms with Crippen molar-refractivity contribution in [3.05, 3.63) is 52.5 Å². The standard InChI is InChI=1S/C14H16N4O6S/c15-25(22,23)11-3-4-12(13(8-11)18(20)21)16-6-5-14(19)17-9-10-2-1-7-24-10/h1-4,7-8,16H,5-6,9H2,(H,17,19)(H2,15,22,23). The Morgan fingerprint density at radius 1 is 1.32 bits per heavy atom. The van der Waals surface area contributed by atoms with Crippen LogP contribution in [0.4, 0.5) is 11.4 Å². The lowest BCUT2D eigenvalue weighted by Gasteiger charge is -2.08. The Labute approximate surface area is 143 Å². The summed E-state index contributed by atoms with van der Waals surface area (Å²) in [5, 5.41) is 21.4. The number of carbonyl (C=O) groups is 1. The summed E-state index contributed by atoms with van der Waals surface area (Å²) in [5.74, 6) is 0.336. The van der Waals surface area contributed by atoms with Gasteiger partial charge in [0.15, 0.2) is 0 Å². The maximum Gasteiger partial charge on any atom is 0.293 e. The van der Waals surface area contributed by atoms with Gasteiger partial charge >= 0.3 is 0 Å². The number of amides is 1. The Morgan fingerprint density at radius 2 is 2.08 bits per heavy atom. The molecule has 11 heteroatoms. The quantitative estimate of drug-likeness (QED) is 0.462. The summed E-state index contributed by atoms with van der Waals surface area (Å²) < 4.78 is 27.6. The van der Waals surface area contributed by atoms with Crippen LogP contribution in [-0.4, -0.2) is 25.8 Å². The molecule has 0 aliphatic rings. The zero-order chi connectivity index (χ0) is 18.4. The molecule has 1 amide bonds. The van der Waals surface area contributed by atoms with E-state index in [4.69, 9.17) is 9.56 Å². The minimum atomic E-state index is -4.04. The van der Waals surface area contributed by atoms with Crippen LogP contribution >= 0.6 is 0 Å². The monoisotopic (exact) mass is 368 g/mol. The highest BCUT2D eigenvalue weighted by Crippen LogP contribution is 2.27. The molecule has 0 saturated carbocycles. The van der Waals surface area contributed by atoms with E-state index in [9.17, 15) is 23.3 Å². The SMILES string of the molecule is NS(=O)(=O)c1ccc(NCCC(=O)NCc2ccco2)c([N+](=O)[O-])c1. The zero-order valence-electron chi connectivity index (χ0n) is 13.0. The summed E-state index contributed by atoms with van der Waals surface area (Å²) in [6.45, 7) is 0.370. The first-order valence-electron chi connectivity index (χ1n) is 7.11. The fraction of sp³-hybridized carbons (Fsp3) is 0.214. The van der Waals surface area contributed by atoms with Crippen LogP contribution in [0.3, 0.4) is 0 Å². The van der Waals surface area contributed by atoms with Gasteiger partial charge in [-0.05, 0) is 24.3 Å². The number of nitrogens with one attached hydrogen (secondary N) is 2. The smallest absolute Gasteiger partial charge is 0.293 e. The molecule has 0 atom stereocenters. The fourth-order valence-corrected chi connectivity index (χ4v) is 2.52. The van der Waals surface area contributed by atoms with Gasteiger partial charge in [-0.15, -0.1) is 0 Å². The third-order valence-corrected chi connectivity index (χ3v) is 4.11. The van der Waals surface area contributed by atoms with Gasteiger partial charge in [0.05, 0.1) is 22.6 Å². The van der Waals surface area contributed by atoms with Gasteiger partial charge in [-0.2, -0.15) is 0 Å². The van der Waals surface area contributed by atoms with Gasteiger partial charge in [-0.25, -0.2) is 13.6 Å². The number of anilines is 1. The van der Waals surface area contributed by atoms with E-state index >= 15 is 0 Å². The van der Waals surface area contributed by atoms with Gasteiger partial charge in [0.1, 0.15) is 11.4 Å². The van der Waals surface area contributed by atoms with Crippen molar-refractivity contribution in [3.8, 4) is 0 Å². The lowest BCUT2D eigenvalue weighted by molar-refractivity contribution is -0.384. The Hall–Kier alpha value is -2.92. The highest BCUT2D eigenvalue weighted by atomic mass is 32.2. The number of sulfonamides is 1. The molecule has 1 aromatic carbocycles. The van der Waals surface area contributed by atoms with Crippen LogP contribution in [-0.2, 0) is 21.4 Å². The number of hydrogen-bond acceptors (Lipinski definition) is 7. The van der Waals surface area contributed by atoms with Gasteiger partial charge in [0.25, 0.3) is 5.69 Å². The van der Waals surface area contributed by atoms with E-state index < -0.39 is 20.6 Å². The van der Waals surface area contributed by atoms with E-state index in [0.29, 0.717) is 5.76 Å². The number of nitro groups is 1. The largest absolute Gasteiger partial charge is 0.467 e. The number of nitro benzene ring substituents is 1. The summed E-state index contributed by atoms with van der Waals surface area (Å²) in [6, 6.07) is 6.68. The second-order valence-corrected chi connectivity index (χ2v) is 6.58. The molecule has 1 aromatic heterocycles. The van der Waals surface area contributed by atoms with Crippen molar-refractivity contribution in [2.75, 3.05) is 11.9 Å². The number of furan rings is 1. The number of hydrogen-bond donors (Lipinski definition) is 3. The summed E-state index contributed by atoms with van der Waals surface area (Å²) in [5.41, 5.74) is -0.348. The van der Waals surface area contributed by atoms with Crippen LogP contribution in [0.2, 0.25) is 0 Å². The molecule has 1 heterocycles. The fourth-order valence-electron chi connectivity index (χ4n) is 1.99. The summed E-state index contributed by atoms with van der Waals surface area (Å²) in [7, 11) is -4.04. The van der Waals surface area contributed by atoms with E-state index in [1.165, 1.54) is 12.3 Å². The van der Waals surface area contributed by atoms with Crippen molar-refractivity contribution in [1.82, 2.24) is 5.32 Å². The van der Waals surface area contributed by atoms with Crippen LogP contribution in [0.1, 0.15) is 12.2 Å². The lowest BCUT2D eigenvalue weighted by Crippen LogP contribution is -2.24. The molecule has 0 bridgehead atoms. The second kappa shape index (κ2) is 7.77. The Morgan fingerprint density at radius 3 is 2.68 bits per heavy atom. The molecule has 2 aromatic rings. The summed E-state index contributed by atoms with van der Waals surface area (Å²) >= 11 is 0. The van der Waals surface area contributed by atoms with Crippen molar-refractivity contribution < 1.29 is 22.6 Å². The average Bonchev–Trinajstić information content (AvgIpc) is 3.05. The van der Waals surface area contributed by atoms with Gasteiger partial charge < -0.3 is 15.1 Å². The van der Waals surface area contributed by atoms with Crippen molar-refractivity contribution in [2.45, 2.75) is 17.9 Å². The van der Waals surface area contributed by atoms with Gasteiger partial charge in [-0.1, -0.05) is 0 Å². The van der Waals surface area contributed by atoms with E-state index in [-0.39, 0.29) is 36.0 Å². The predicted octanol–water partition coefficient (Wildman–Crippen LogP) is 0.954. The molecule has 4 N–H and O–H groups in total. The minimum absolute atomic E-state index is 0.0643. The number of nitrogens with zero attached hydrogens (tertiary/aromatic N) is 1. The molecule has 2 rings (SSSR count). The van der Waals surface area contributed by atoms with Crippen LogP contribution in [0, 0.1) is 10.1 Å². The number of carbonyl (C=O) groups excluding carboxylic acids is 1. The highest BCUT2D eigenvalue weighted by Gasteiger charge is 2.19. The summed E-state index contributed by atoms with van der Waals surface area (Å²) in [6.07, 6.45) is 1.56. The van der Waals surface area contributed by atoms with Crippen LogP contribution in [0.25, 0.3) is 0 Å². The number of benzene rings is 1. The second-order valence-electron chi connectivity index (χ2n) is 5.01. The Balaban J connectivity index is 1.93. The van der Waals surface area contributed by atoms with E-state index in [2.05, 4.69) is 10.6 Å². The first kappa shape index (κ1) is 18.4. The van der Waals surface area contributed by atoms with E-state index in [0.717, 1.165) is 12.1 Å². The summed E-state index contributed by atoms with van der Waals surface area (Å²) in [4.78, 5) is 21.7. The van der Waals surface area contributed by atoms with E-state index in [1.807, 2.05) is 0 Å². The normalized spacial score (nSPS) is 11.1. The molecule has 0 unspecified atom stereocenters. The van der Waals surface area contributed by atoms with Crippen molar-refractivity contribution in [2.24, 2.45) is 5.14 Å². The third-order valence-electron chi connectivity index (χ3n) is 3.20. The maximum absolute atomic E-state index is 11.7. The molecule has 0 fully saturated rings. The topological polar surface area (TPSA) is 158 Å². The van der Waals surface area contributed by atoms with Crippen molar-refractivity contribution in [3.63, 3.8) is 0 Å². The molecule has 0 aliphatic heterocycles. The molecule has 25 heavy (non-hydrogen) atoms. The lowest BCUT2D eigenvalue weighted by atomic mass is 10.2. The minimum Gasteiger partial charge on any atom is -0.467 e. The number of primary sulfonamides is 1. The molecule has 0 spiro atoms. The van der Waals surface area contributed by atoms with Crippen molar-refractivity contribution >= 4 is 27.3 Å². The van der Waals surface area contributed by atoms with Gasteiger partial charge in [-0.3, -0.25) is 14.9 Å². The molecular formula is C14H16N4O6S. The molecule has 10 nitrogen and oxygen atoms in total. The molecule has 0 saturated heterocycles. The molecule has 0 aliphatic carbocycles. The zero-order valence-corrected chi connectivity index (χ0v) is 13.8. The number of nitrogens with two attached hydrogens (primary N) is 1. The first-order chi connectivity index (χ1) is 11.8. The van der Waals surface area contributed by atoms with Crippen molar-refractivity contribution in [1.29, 1.82) is 0 Å². The molecule has 0 radical (unpaired) electrons. The molecule has 134 valence electrons. The maximum atomic E-state index is 11.7. The Bertz CT molecular complexity index is 863. The van der Waals surface area contributed by atoms with Crippen LogP contribution < -0.4 is 15.8 Å². The van der Waals surface area contributed by atoms with Gasteiger partial charge in [0.2, 0.25) is 15.9 Å². The molecular weight excluding hydrogens is 352 g/mol. The third kappa shape index (κ3) is 5.29. The number of rotatable bonds is 8. The predicted molar refractivity (Wildman–Crippen MR) is 88.1 cm³/mol. The van der Waals surface area contributed by atoms with Crippen LogP contribution in [0.15, 0.2) is 45.9 Å². The van der Waals surface area contributed by atoms with Crippen LogP contribution in [0.5, 0.6) is 0 Å². The van der Waals surface area contributed by atoms with E-state index in [1.54, 1.807) is 12.1 Å². The Kier molecular flexibility index (Phi) is 5.72. The average molecular weight is 368 g/mol. The highest BCUT2D eigenvalue weighted by molar-refractivity contribution is 7.89.